The fourth-order valence-electron chi connectivity index (χ4n) is 4.22. The van der Waals surface area contributed by atoms with Gasteiger partial charge in [-0.15, -0.1) is 11.3 Å². The van der Waals surface area contributed by atoms with Crippen LogP contribution in [0.5, 0.6) is 0 Å². The molecule has 0 radical (unpaired) electrons. The lowest BCUT2D eigenvalue weighted by molar-refractivity contribution is 0.0447. The van der Waals surface area contributed by atoms with Gasteiger partial charge in [-0.1, -0.05) is 6.92 Å². The summed E-state index contributed by atoms with van der Waals surface area (Å²) in [6.07, 6.45) is 5.59. The SMILES string of the molecule is CC[C@@H](C)Nc1cc(C)c(-c2sc(C(=O)N[C@@H]3CC[C@@H]3O)nc2C(=O)N2CCC[C@@H]2C)cn1. The Morgan fingerprint density at radius 2 is 2.12 bits per heavy atom. The number of nitrogens with one attached hydrogen (secondary N) is 2. The zero-order valence-corrected chi connectivity index (χ0v) is 20.5. The number of anilines is 1. The van der Waals surface area contributed by atoms with Gasteiger partial charge in [-0.3, -0.25) is 9.59 Å². The molecule has 3 N–H and O–H groups in total. The molecule has 4 rings (SSSR count). The quantitative estimate of drug-likeness (QED) is 0.570. The number of carbonyl (C=O) groups is 2. The minimum Gasteiger partial charge on any atom is -0.391 e. The Bertz CT molecular complexity index is 1040. The first-order chi connectivity index (χ1) is 15.8. The van der Waals surface area contributed by atoms with Crippen molar-refractivity contribution in [1.29, 1.82) is 0 Å². The molecular weight excluding hydrogens is 438 g/mol. The highest BCUT2D eigenvalue weighted by molar-refractivity contribution is 7.17. The second kappa shape index (κ2) is 9.77. The second-order valence-corrected chi connectivity index (χ2v) is 10.2. The topological polar surface area (TPSA) is 107 Å². The monoisotopic (exact) mass is 471 g/mol. The highest BCUT2D eigenvalue weighted by Gasteiger charge is 2.34. The summed E-state index contributed by atoms with van der Waals surface area (Å²) in [5, 5.41) is 16.3. The number of aryl methyl sites for hydroxylation is 1. The van der Waals surface area contributed by atoms with Crippen LogP contribution in [0, 0.1) is 6.92 Å². The van der Waals surface area contributed by atoms with Gasteiger partial charge < -0.3 is 20.6 Å². The van der Waals surface area contributed by atoms with Crippen molar-refractivity contribution < 1.29 is 14.7 Å². The molecule has 2 fully saturated rings. The average Bonchev–Trinajstić information content (AvgIpc) is 3.42. The van der Waals surface area contributed by atoms with Crippen molar-refractivity contribution in [3.8, 4) is 10.4 Å². The molecule has 8 nitrogen and oxygen atoms in total. The van der Waals surface area contributed by atoms with Crippen LogP contribution < -0.4 is 10.6 Å². The van der Waals surface area contributed by atoms with Crippen LogP contribution in [0.3, 0.4) is 0 Å². The molecule has 4 atom stereocenters. The molecule has 33 heavy (non-hydrogen) atoms. The number of rotatable bonds is 7. The molecule has 1 aliphatic carbocycles. The van der Waals surface area contributed by atoms with E-state index >= 15 is 0 Å². The molecule has 178 valence electrons. The van der Waals surface area contributed by atoms with E-state index in [4.69, 9.17) is 0 Å². The molecule has 1 saturated heterocycles. The number of thiazole rings is 1. The first-order valence-corrected chi connectivity index (χ1v) is 12.6. The highest BCUT2D eigenvalue weighted by Crippen LogP contribution is 2.35. The van der Waals surface area contributed by atoms with Crippen LogP contribution in [0.2, 0.25) is 0 Å². The summed E-state index contributed by atoms with van der Waals surface area (Å²) in [5.74, 6) is 0.294. The molecule has 2 amide bonds. The van der Waals surface area contributed by atoms with Gasteiger partial charge in [0.25, 0.3) is 11.8 Å². The van der Waals surface area contributed by atoms with Crippen LogP contribution in [0.25, 0.3) is 10.4 Å². The number of carbonyl (C=O) groups excluding carboxylic acids is 2. The summed E-state index contributed by atoms with van der Waals surface area (Å²) >= 11 is 1.21. The van der Waals surface area contributed by atoms with Crippen LogP contribution >= 0.6 is 11.3 Å². The van der Waals surface area contributed by atoms with Crippen molar-refractivity contribution in [2.45, 2.75) is 84.0 Å². The standard InChI is InChI=1S/C24H33N5O3S/c1-5-14(3)26-19-11-13(2)16(12-25-19)21-20(24(32)29-10-6-7-15(29)4)28-23(33-21)22(31)27-17-8-9-18(17)30/h11-12,14-15,17-18,30H,5-10H2,1-4H3,(H,25,26)(H,27,31)/t14-,15+,17-,18+/m1/s1. The van der Waals surface area contributed by atoms with E-state index in [0.29, 0.717) is 29.6 Å². The fourth-order valence-corrected chi connectivity index (χ4v) is 5.26. The van der Waals surface area contributed by atoms with Crippen LogP contribution in [0.4, 0.5) is 5.82 Å². The molecule has 2 aromatic heterocycles. The zero-order valence-electron chi connectivity index (χ0n) is 19.7. The molecule has 0 spiro atoms. The molecule has 3 heterocycles. The second-order valence-electron chi connectivity index (χ2n) is 9.25. The number of hydrogen-bond donors (Lipinski definition) is 3. The number of nitrogens with zero attached hydrogens (tertiary/aromatic N) is 3. The van der Waals surface area contributed by atoms with E-state index in [0.717, 1.165) is 42.6 Å². The molecule has 1 saturated carbocycles. The summed E-state index contributed by atoms with van der Waals surface area (Å²) in [6.45, 7) is 8.94. The van der Waals surface area contributed by atoms with Crippen molar-refractivity contribution in [2.75, 3.05) is 11.9 Å². The largest absolute Gasteiger partial charge is 0.391 e. The van der Waals surface area contributed by atoms with Gasteiger partial charge in [0.1, 0.15) is 11.5 Å². The Morgan fingerprint density at radius 1 is 1.33 bits per heavy atom. The number of aromatic nitrogens is 2. The normalized spacial score (nSPS) is 23.2. The Kier molecular flexibility index (Phi) is 6.99. The fraction of sp³-hybridized carbons (Fsp3) is 0.583. The Labute approximate surface area is 198 Å². The summed E-state index contributed by atoms with van der Waals surface area (Å²) in [6, 6.07) is 2.17. The first kappa shape index (κ1) is 23.6. The van der Waals surface area contributed by atoms with Crippen molar-refractivity contribution in [1.82, 2.24) is 20.2 Å². The Balaban J connectivity index is 1.68. The average molecular weight is 472 g/mol. The minimum absolute atomic E-state index is 0.143. The predicted octanol–water partition coefficient (Wildman–Crippen LogP) is 3.60. The van der Waals surface area contributed by atoms with E-state index in [1.807, 2.05) is 24.8 Å². The maximum atomic E-state index is 13.5. The molecule has 9 heteroatoms. The third-order valence-corrected chi connectivity index (χ3v) is 7.84. The van der Waals surface area contributed by atoms with E-state index in [-0.39, 0.29) is 28.9 Å². The molecule has 1 aliphatic heterocycles. The van der Waals surface area contributed by atoms with Gasteiger partial charge in [-0.25, -0.2) is 9.97 Å². The number of aliphatic hydroxyl groups excluding tert-OH is 1. The van der Waals surface area contributed by atoms with E-state index in [9.17, 15) is 14.7 Å². The van der Waals surface area contributed by atoms with Gasteiger partial charge in [0.15, 0.2) is 5.01 Å². The first-order valence-electron chi connectivity index (χ1n) is 11.8. The zero-order chi connectivity index (χ0) is 23.7. The Hall–Kier alpha value is -2.52. The van der Waals surface area contributed by atoms with Gasteiger partial charge in [0.2, 0.25) is 0 Å². The lowest BCUT2D eigenvalue weighted by Crippen LogP contribution is -2.50. The lowest BCUT2D eigenvalue weighted by atomic mass is 9.89. The highest BCUT2D eigenvalue weighted by atomic mass is 32.1. The maximum Gasteiger partial charge on any atom is 0.280 e. The Morgan fingerprint density at radius 3 is 2.70 bits per heavy atom. The van der Waals surface area contributed by atoms with Crippen molar-refractivity contribution in [3.63, 3.8) is 0 Å². The van der Waals surface area contributed by atoms with Gasteiger partial charge in [-0.05, 0) is 64.5 Å². The van der Waals surface area contributed by atoms with E-state index in [1.165, 1.54) is 11.3 Å². The van der Waals surface area contributed by atoms with Crippen molar-refractivity contribution in [3.05, 3.63) is 28.5 Å². The molecule has 0 unspecified atom stereocenters. The van der Waals surface area contributed by atoms with Crippen LogP contribution in [0.1, 0.15) is 78.7 Å². The molecule has 0 bridgehead atoms. The minimum atomic E-state index is -0.517. The summed E-state index contributed by atoms with van der Waals surface area (Å²) in [7, 11) is 0. The lowest BCUT2D eigenvalue weighted by Gasteiger charge is -2.32. The van der Waals surface area contributed by atoms with Crippen molar-refractivity contribution >= 4 is 29.0 Å². The number of aliphatic hydroxyl groups is 1. The molecule has 0 aromatic carbocycles. The number of likely N-dealkylation sites (tertiary alicyclic amines) is 1. The van der Waals surface area contributed by atoms with Crippen LogP contribution in [-0.2, 0) is 0 Å². The predicted molar refractivity (Wildman–Crippen MR) is 130 cm³/mol. The summed E-state index contributed by atoms with van der Waals surface area (Å²) in [4.78, 5) is 37.9. The number of pyridine rings is 1. The van der Waals surface area contributed by atoms with E-state index in [1.54, 1.807) is 6.20 Å². The number of hydrogen-bond acceptors (Lipinski definition) is 7. The number of amides is 2. The summed E-state index contributed by atoms with van der Waals surface area (Å²) in [5.41, 5.74) is 2.07. The summed E-state index contributed by atoms with van der Waals surface area (Å²) < 4.78 is 0. The van der Waals surface area contributed by atoms with Gasteiger partial charge in [0, 0.05) is 30.4 Å². The molecular formula is C24H33N5O3S. The van der Waals surface area contributed by atoms with E-state index < -0.39 is 6.10 Å². The van der Waals surface area contributed by atoms with E-state index in [2.05, 4.69) is 34.4 Å². The van der Waals surface area contributed by atoms with Crippen molar-refractivity contribution in [2.24, 2.45) is 0 Å². The third kappa shape index (κ3) is 4.89. The smallest absolute Gasteiger partial charge is 0.280 e. The van der Waals surface area contributed by atoms with Gasteiger partial charge in [-0.2, -0.15) is 0 Å². The molecule has 2 aromatic rings. The third-order valence-electron chi connectivity index (χ3n) is 6.75. The maximum absolute atomic E-state index is 13.5. The van der Waals surface area contributed by atoms with Crippen LogP contribution in [-0.4, -0.2) is 62.6 Å². The molecule has 2 aliphatic rings. The van der Waals surface area contributed by atoms with Gasteiger partial charge >= 0.3 is 0 Å². The van der Waals surface area contributed by atoms with Crippen LogP contribution in [0.15, 0.2) is 12.3 Å². The van der Waals surface area contributed by atoms with Gasteiger partial charge in [0.05, 0.1) is 17.0 Å².